The predicted molar refractivity (Wildman–Crippen MR) is 97.8 cm³/mol. The number of hydrogen-bond donors (Lipinski definition) is 3. The van der Waals surface area contributed by atoms with Gasteiger partial charge in [-0.3, -0.25) is 0 Å². The van der Waals surface area contributed by atoms with E-state index < -0.39 is 0 Å². The van der Waals surface area contributed by atoms with Gasteiger partial charge in [-0.15, -0.1) is 35.0 Å². The molecule has 0 amide bonds. The number of hydrogen-bond acceptors (Lipinski definition) is 7. The van der Waals surface area contributed by atoms with Gasteiger partial charge < -0.3 is 11.1 Å². The van der Waals surface area contributed by atoms with Crippen LogP contribution in [0.4, 0.5) is 5.82 Å². The summed E-state index contributed by atoms with van der Waals surface area (Å²) in [4.78, 5) is 9.10. The summed E-state index contributed by atoms with van der Waals surface area (Å²) in [6.45, 7) is 1.31. The van der Waals surface area contributed by atoms with Crippen LogP contribution in [-0.4, -0.2) is 43.7 Å². The number of aromatic nitrogens is 6. The van der Waals surface area contributed by atoms with Crippen molar-refractivity contribution in [3.63, 3.8) is 0 Å². The standard InChI is InChI=1S/C14H18N8.2ClH/c15-8-7-12-17-11-5-2-1-4-10(11)14(18-12)16-9-3-6-13-19-21-22-20-13;;/h1-2,4-5H,3,6-9,15H2,(H,16,17,18)(H,19,20,21,22);2*1H. The number of nitrogens with one attached hydrogen (secondary N) is 2. The zero-order valence-electron chi connectivity index (χ0n) is 13.0. The molecule has 3 aromatic rings. The van der Waals surface area contributed by atoms with Gasteiger partial charge in [0.1, 0.15) is 11.6 Å². The highest BCUT2D eigenvalue weighted by Crippen LogP contribution is 2.20. The van der Waals surface area contributed by atoms with E-state index in [1.165, 1.54) is 0 Å². The van der Waals surface area contributed by atoms with E-state index in [4.69, 9.17) is 5.73 Å². The number of nitrogens with zero attached hydrogens (tertiary/aromatic N) is 5. The van der Waals surface area contributed by atoms with Crippen LogP contribution in [0.5, 0.6) is 0 Å². The smallest absolute Gasteiger partial charge is 0.174 e. The molecule has 0 radical (unpaired) electrons. The third-order valence-corrected chi connectivity index (χ3v) is 3.28. The van der Waals surface area contributed by atoms with E-state index in [9.17, 15) is 0 Å². The first-order chi connectivity index (χ1) is 10.9. The topological polar surface area (TPSA) is 118 Å². The number of fused-ring (bicyclic) bond motifs is 1. The molecule has 0 aliphatic heterocycles. The number of halogens is 2. The normalized spacial score (nSPS) is 10.0. The van der Waals surface area contributed by atoms with Gasteiger partial charge in [0.05, 0.1) is 5.52 Å². The molecule has 0 bridgehead atoms. The maximum atomic E-state index is 5.61. The first kappa shape index (κ1) is 20.0. The first-order valence-electron chi connectivity index (χ1n) is 7.29. The van der Waals surface area contributed by atoms with Gasteiger partial charge in [0.25, 0.3) is 0 Å². The van der Waals surface area contributed by atoms with Crippen molar-refractivity contribution in [3.8, 4) is 0 Å². The Labute approximate surface area is 151 Å². The van der Waals surface area contributed by atoms with Crippen LogP contribution in [0.15, 0.2) is 24.3 Å². The largest absolute Gasteiger partial charge is 0.369 e. The summed E-state index contributed by atoms with van der Waals surface area (Å²) >= 11 is 0. The average Bonchev–Trinajstić information content (AvgIpc) is 3.05. The van der Waals surface area contributed by atoms with Crippen LogP contribution in [-0.2, 0) is 12.8 Å². The van der Waals surface area contributed by atoms with Crippen molar-refractivity contribution in [1.82, 2.24) is 30.6 Å². The van der Waals surface area contributed by atoms with Gasteiger partial charge in [-0.2, -0.15) is 5.21 Å². The van der Waals surface area contributed by atoms with Crippen LogP contribution < -0.4 is 11.1 Å². The van der Waals surface area contributed by atoms with E-state index in [0.29, 0.717) is 13.0 Å². The molecule has 0 aliphatic carbocycles. The number of para-hydroxylation sites is 1. The Balaban J connectivity index is 0.00000144. The van der Waals surface area contributed by atoms with Crippen LogP contribution in [0.25, 0.3) is 10.9 Å². The maximum absolute atomic E-state index is 5.61. The second-order valence-corrected chi connectivity index (χ2v) is 4.90. The molecule has 0 saturated heterocycles. The predicted octanol–water partition coefficient (Wildman–Crippen LogP) is 1.53. The van der Waals surface area contributed by atoms with Crippen molar-refractivity contribution >= 4 is 41.5 Å². The number of benzene rings is 1. The number of aryl methyl sites for hydroxylation is 1. The van der Waals surface area contributed by atoms with Crippen molar-refractivity contribution in [2.45, 2.75) is 19.3 Å². The second kappa shape index (κ2) is 9.96. The van der Waals surface area contributed by atoms with Crippen molar-refractivity contribution < 1.29 is 0 Å². The van der Waals surface area contributed by atoms with Crippen LogP contribution in [0, 0.1) is 0 Å². The number of tetrazole rings is 1. The molecule has 2 heterocycles. The summed E-state index contributed by atoms with van der Waals surface area (Å²) in [5.41, 5.74) is 6.54. The number of rotatable bonds is 7. The van der Waals surface area contributed by atoms with Gasteiger partial charge in [0.15, 0.2) is 5.82 Å². The minimum Gasteiger partial charge on any atom is -0.369 e. The Morgan fingerprint density at radius 2 is 1.88 bits per heavy atom. The van der Waals surface area contributed by atoms with Gasteiger partial charge in [-0.25, -0.2) is 9.97 Å². The molecule has 4 N–H and O–H groups in total. The molecule has 3 rings (SSSR count). The van der Waals surface area contributed by atoms with E-state index in [0.717, 1.165) is 47.8 Å². The highest BCUT2D eigenvalue weighted by atomic mass is 35.5. The highest BCUT2D eigenvalue weighted by molar-refractivity contribution is 5.89. The van der Waals surface area contributed by atoms with E-state index >= 15 is 0 Å². The Morgan fingerprint density at radius 3 is 2.62 bits per heavy atom. The fourth-order valence-electron chi connectivity index (χ4n) is 2.24. The van der Waals surface area contributed by atoms with E-state index in [1.807, 2.05) is 24.3 Å². The molecule has 130 valence electrons. The summed E-state index contributed by atoms with van der Waals surface area (Å²) in [6.07, 6.45) is 2.33. The molecule has 2 aromatic heterocycles. The van der Waals surface area contributed by atoms with Gasteiger partial charge in [0.2, 0.25) is 0 Å². The van der Waals surface area contributed by atoms with E-state index in [1.54, 1.807) is 0 Å². The molecule has 1 aromatic carbocycles. The SMILES string of the molecule is Cl.Cl.NCCc1nc(NCCCc2nn[nH]n2)c2ccccc2n1. The zero-order chi connectivity index (χ0) is 15.2. The fourth-order valence-corrected chi connectivity index (χ4v) is 2.24. The Kier molecular flexibility index (Phi) is 8.31. The third-order valence-electron chi connectivity index (χ3n) is 3.28. The summed E-state index contributed by atoms with van der Waals surface area (Å²) in [7, 11) is 0. The molecule has 0 unspecified atom stereocenters. The van der Waals surface area contributed by atoms with Crippen molar-refractivity contribution in [3.05, 3.63) is 35.9 Å². The molecule has 0 aliphatic rings. The molecule has 8 nitrogen and oxygen atoms in total. The minimum absolute atomic E-state index is 0. The molecular formula is C14H20Cl2N8. The van der Waals surface area contributed by atoms with Crippen molar-refractivity contribution in [2.24, 2.45) is 5.73 Å². The first-order valence-corrected chi connectivity index (χ1v) is 7.29. The molecule has 0 spiro atoms. The summed E-state index contributed by atoms with van der Waals surface area (Å²) < 4.78 is 0. The molecule has 24 heavy (non-hydrogen) atoms. The lowest BCUT2D eigenvalue weighted by molar-refractivity contribution is 0.800. The van der Waals surface area contributed by atoms with Crippen LogP contribution in [0.3, 0.4) is 0 Å². The third kappa shape index (κ3) is 4.98. The zero-order valence-corrected chi connectivity index (χ0v) is 14.6. The molecule has 0 fully saturated rings. The molecular weight excluding hydrogens is 351 g/mol. The summed E-state index contributed by atoms with van der Waals surface area (Å²) in [5, 5.41) is 18.3. The van der Waals surface area contributed by atoms with Crippen LogP contribution >= 0.6 is 24.8 Å². The molecule has 10 heteroatoms. The van der Waals surface area contributed by atoms with Crippen molar-refractivity contribution in [2.75, 3.05) is 18.4 Å². The monoisotopic (exact) mass is 370 g/mol. The quantitative estimate of drug-likeness (QED) is 0.539. The Bertz CT molecular complexity index is 735. The maximum Gasteiger partial charge on any atom is 0.174 e. The molecule has 0 atom stereocenters. The van der Waals surface area contributed by atoms with Gasteiger partial charge >= 0.3 is 0 Å². The Hall–Kier alpha value is -2.03. The number of aromatic amines is 1. The lowest BCUT2D eigenvalue weighted by Crippen LogP contribution is -2.11. The summed E-state index contributed by atoms with van der Waals surface area (Å²) in [5.74, 6) is 2.34. The lowest BCUT2D eigenvalue weighted by atomic mass is 10.2. The van der Waals surface area contributed by atoms with E-state index in [-0.39, 0.29) is 24.8 Å². The van der Waals surface area contributed by atoms with E-state index in [2.05, 4.69) is 35.9 Å². The van der Waals surface area contributed by atoms with Crippen LogP contribution in [0.1, 0.15) is 18.1 Å². The lowest BCUT2D eigenvalue weighted by Gasteiger charge is -2.10. The fraction of sp³-hybridized carbons (Fsp3) is 0.357. The number of nitrogens with two attached hydrogens (primary N) is 1. The minimum atomic E-state index is 0. The molecule has 0 saturated carbocycles. The van der Waals surface area contributed by atoms with Crippen LogP contribution in [0.2, 0.25) is 0 Å². The highest BCUT2D eigenvalue weighted by Gasteiger charge is 2.07. The second-order valence-electron chi connectivity index (χ2n) is 4.90. The number of H-pyrrole nitrogens is 1. The number of anilines is 1. The Morgan fingerprint density at radius 1 is 1.04 bits per heavy atom. The van der Waals surface area contributed by atoms with Gasteiger partial charge in [-0.05, 0) is 25.1 Å². The van der Waals surface area contributed by atoms with Gasteiger partial charge in [0, 0.05) is 24.8 Å². The van der Waals surface area contributed by atoms with Gasteiger partial charge in [-0.1, -0.05) is 17.3 Å². The average molecular weight is 371 g/mol. The van der Waals surface area contributed by atoms with Crippen molar-refractivity contribution in [1.29, 1.82) is 0 Å². The summed E-state index contributed by atoms with van der Waals surface area (Å²) in [6, 6.07) is 7.96.